The average molecular weight is 1130 g/mol. The zero-order valence-electron chi connectivity index (χ0n) is 47.0. The summed E-state index contributed by atoms with van der Waals surface area (Å²) in [5.41, 5.74) is 2.10. The van der Waals surface area contributed by atoms with Crippen LogP contribution in [0.1, 0.15) is 93.3 Å². The van der Waals surface area contributed by atoms with Gasteiger partial charge in [0.2, 0.25) is 11.5 Å². The van der Waals surface area contributed by atoms with E-state index in [-0.39, 0.29) is 55.4 Å². The van der Waals surface area contributed by atoms with E-state index in [1.807, 2.05) is 78.9 Å². The monoisotopic (exact) mass is 1130 g/mol. The van der Waals surface area contributed by atoms with Crippen molar-refractivity contribution in [3.05, 3.63) is 141 Å². The number of ether oxygens (including phenoxy) is 7. The normalized spacial score (nSPS) is 17.0. The van der Waals surface area contributed by atoms with Gasteiger partial charge in [0.1, 0.15) is 66.4 Å². The van der Waals surface area contributed by atoms with Gasteiger partial charge in [-0.1, -0.05) is 47.6 Å². The summed E-state index contributed by atoms with van der Waals surface area (Å²) in [7, 11) is 4.82. The lowest BCUT2D eigenvalue weighted by Crippen LogP contribution is -2.63. The van der Waals surface area contributed by atoms with Crippen LogP contribution in [0.4, 0.5) is 0 Å². The van der Waals surface area contributed by atoms with Gasteiger partial charge in [0.05, 0.1) is 63.7 Å². The second kappa shape index (κ2) is 25.9. The van der Waals surface area contributed by atoms with Gasteiger partial charge in [0.15, 0.2) is 23.0 Å². The number of oxime groups is 1. The Labute approximate surface area is 476 Å². The van der Waals surface area contributed by atoms with Crippen LogP contribution in [0.15, 0.2) is 113 Å². The molecule has 0 spiro atoms. The topological polar surface area (TPSA) is 188 Å². The Kier molecular flexibility index (Phi) is 19.1. The Morgan fingerprint density at radius 2 is 1.31 bits per heavy atom. The Morgan fingerprint density at radius 1 is 0.750 bits per heavy atom. The lowest BCUT2D eigenvalue weighted by molar-refractivity contribution is -0.911. The van der Waals surface area contributed by atoms with E-state index in [0.29, 0.717) is 52.2 Å². The van der Waals surface area contributed by atoms with E-state index in [0.717, 1.165) is 65.3 Å². The molecule has 2 fully saturated rings. The molecule has 2 unspecified atom stereocenters. The number of carbonyl (C=O) groups excluding carboxylic acids is 5. The van der Waals surface area contributed by atoms with Gasteiger partial charge in [-0.05, 0) is 112 Å². The van der Waals surface area contributed by atoms with E-state index in [1.54, 1.807) is 66.5 Å². The molecule has 19 heteroatoms. The molecule has 2 atom stereocenters. The van der Waals surface area contributed by atoms with Gasteiger partial charge in [0.25, 0.3) is 0 Å². The maximum atomic E-state index is 14.5. The van der Waals surface area contributed by atoms with Gasteiger partial charge in [-0.15, -0.1) is 23.1 Å². The maximum Gasteiger partial charge on any atom is 0.355 e. The predicted octanol–water partition coefficient (Wildman–Crippen LogP) is 9.78. The van der Waals surface area contributed by atoms with Crippen molar-refractivity contribution in [2.45, 2.75) is 110 Å². The van der Waals surface area contributed by atoms with Gasteiger partial charge in [-0.2, -0.15) is 0 Å². The molecule has 3 aliphatic rings. The summed E-state index contributed by atoms with van der Waals surface area (Å²) in [5.74, 6) is 0.602. The van der Waals surface area contributed by atoms with Crippen LogP contribution in [0.3, 0.4) is 0 Å². The molecule has 1 amide bonds. The number of methoxy groups -OCH3 is 3. The fourth-order valence-electron chi connectivity index (χ4n) is 9.68. The van der Waals surface area contributed by atoms with Gasteiger partial charge in [-0.25, -0.2) is 14.6 Å². The van der Waals surface area contributed by atoms with Gasteiger partial charge < -0.3 is 42.5 Å². The molecule has 5 aromatic rings. The number of aryl methyl sites for hydroxylation is 1. The highest BCUT2D eigenvalue weighted by Crippen LogP contribution is 2.46. The third-order valence-electron chi connectivity index (χ3n) is 14.1. The number of thiazole rings is 1. The first kappa shape index (κ1) is 58.9. The number of likely N-dealkylation sites (tertiary alicyclic amines) is 1. The van der Waals surface area contributed by atoms with Crippen molar-refractivity contribution in [3.8, 4) is 28.7 Å². The van der Waals surface area contributed by atoms with Crippen LogP contribution in [0.5, 0.6) is 28.7 Å². The zero-order chi connectivity index (χ0) is 57.2. The molecule has 4 heterocycles. The number of quaternary nitrogens is 1. The minimum atomic E-state index is -1.56. The number of hydrogen-bond acceptors (Lipinski definition) is 17. The molecular formula is C61H71N4O13S2+. The quantitative estimate of drug-likeness (QED) is 0.0167. The highest BCUT2D eigenvalue weighted by Gasteiger charge is 2.55. The summed E-state index contributed by atoms with van der Waals surface area (Å²) in [4.78, 5) is 82.3. The lowest BCUT2D eigenvalue weighted by atomic mass is 9.89. The number of amides is 1. The number of esters is 2. The number of rotatable bonds is 26. The molecule has 0 N–H and O–H groups in total. The first-order valence-electron chi connectivity index (χ1n) is 26.7. The molecule has 0 radical (unpaired) electrons. The number of nitrogens with zero attached hydrogens (tertiary/aromatic N) is 4. The smallest absolute Gasteiger partial charge is 0.355 e. The summed E-state index contributed by atoms with van der Waals surface area (Å²) in [6.07, 6.45) is 2.09. The highest BCUT2D eigenvalue weighted by atomic mass is 32.2. The number of benzene rings is 4. The molecule has 8 rings (SSSR count). The van der Waals surface area contributed by atoms with Crippen molar-refractivity contribution in [2.24, 2.45) is 11.1 Å². The molecule has 2 saturated heterocycles. The van der Waals surface area contributed by atoms with E-state index in [4.69, 9.17) is 38.0 Å². The largest absolute Gasteiger partial charge is 0.497 e. The molecule has 17 nitrogen and oxygen atoms in total. The Hall–Kier alpha value is -7.22. The molecule has 424 valence electrons. The van der Waals surface area contributed by atoms with Crippen molar-refractivity contribution >= 4 is 58.2 Å². The maximum absolute atomic E-state index is 14.5. The number of hydrogen-bond donors (Lipinski definition) is 0. The molecule has 80 heavy (non-hydrogen) atoms. The Balaban J connectivity index is 0.993. The SMILES string of the molecule is COc1ccc(COC(=O)C2=C(C[N+]3(CCC(=O)Cc4ccc(OCc5ccc(OC)cc5)c(OCc5ccc(OC)cc5)c4)CCCC3)CSC3C(CC(=O)/C(=N/OC(C)(C)C(=O)OC(C)(C)C)c4csc(C)n4)C(=O)N23)cc1. The molecule has 3 aliphatic heterocycles. The van der Waals surface area contributed by atoms with Crippen molar-refractivity contribution in [1.82, 2.24) is 9.88 Å². The summed E-state index contributed by atoms with van der Waals surface area (Å²) in [5, 5.41) is 5.99. The highest BCUT2D eigenvalue weighted by molar-refractivity contribution is 8.00. The van der Waals surface area contributed by atoms with Crippen LogP contribution < -0.4 is 23.7 Å². The molecule has 1 aromatic heterocycles. The third kappa shape index (κ3) is 15.0. The first-order valence-corrected chi connectivity index (χ1v) is 28.6. The van der Waals surface area contributed by atoms with Crippen LogP contribution in [0, 0.1) is 12.8 Å². The van der Waals surface area contributed by atoms with E-state index in [2.05, 4.69) is 10.1 Å². The Bertz CT molecular complexity index is 3090. The summed E-state index contributed by atoms with van der Waals surface area (Å²) in [6, 6.07) is 28.1. The van der Waals surface area contributed by atoms with Crippen LogP contribution in [-0.2, 0) is 64.5 Å². The van der Waals surface area contributed by atoms with Gasteiger partial charge in [-0.3, -0.25) is 19.3 Å². The lowest BCUT2D eigenvalue weighted by Gasteiger charge is -2.50. The zero-order valence-corrected chi connectivity index (χ0v) is 48.6. The van der Waals surface area contributed by atoms with Crippen LogP contribution in [0.25, 0.3) is 0 Å². The van der Waals surface area contributed by atoms with Crippen molar-refractivity contribution in [1.29, 1.82) is 0 Å². The second-order valence-corrected chi connectivity index (χ2v) is 23.9. The molecule has 0 saturated carbocycles. The van der Waals surface area contributed by atoms with Crippen LogP contribution in [0.2, 0.25) is 0 Å². The average Bonchev–Trinajstić information content (AvgIpc) is 4.15. The third-order valence-corrected chi connectivity index (χ3v) is 16.3. The van der Waals surface area contributed by atoms with E-state index >= 15 is 0 Å². The van der Waals surface area contributed by atoms with Crippen molar-refractivity contribution in [3.63, 3.8) is 0 Å². The van der Waals surface area contributed by atoms with Gasteiger partial charge >= 0.3 is 11.9 Å². The summed E-state index contributed by atoms with van der Waals surface area (Å²) in [6.45, 7) is 13.1. The predicted molar refractivity (Wildman–Crippen MR) is 304 cm³/mol. The van der Waals surface area contributed by atoms with Gasteiger partial charge in [0, 0.05) is 42.4 Å². The standard InChI is InChI=1S/C61H71N4O13S2/c1-39-62-50(38-79-39)54(63-78-61(5,6)59(70)77-60(2,3)4)51(67)32-49-56(68)64-55(58(69)76-36-42-16-23-48(73-9)24-17-42)44(37-80-57(49)64)33-65(27-10-11-28-65)29-26-45(66)30-43-18-25-52(74-34-40-12-19-46(71-7)20-13-40)53(31-43)75-35-41-14-21-47(72-8)22-15-41/h12-25,31,38,49,57H,10-11,26-30,32-37H2,1-9H3/q+1/b63-54+. The van der Waals surface area contributed by atoms with Crippen molar-refractivity contribution < 1.29 is 66.5 Å². The fraction of sp³-hybridized carbons (Fsp3) is 0.426. The number of Topliss-reactive ketones (excluding diaryl/α,β-unsaturated/α-hetero) is 2. The molecule has 0 bridgehead atoms. The fourth-order valence-corrected chi connectivity index (χ4v) is 11.7. The van der Waals surface area contributed by atoms with Crippen LogP contribution in [-0.4, -0.2) is 119 Å². The summed E-state index contributed by atoms with van der Waals surface area (Å²) < 4.78 is 40.7. The van der Waals surface area contributed by atoms with Crippen LogP contribution >= 0.6 is 23.1 Å². The first-order chi connectivity index (χ1) is 38.3. The van der Waals surface area contributed by atoms with E-state index in [1.165, 1.54) is 41.8 Å². The number of carbonyl (C=O) groups is 5. The Morgan fingerprint density at radius 3 is 1.86 bits per heavy atom. The van der Waals surface area contributed by atoms with E-state index in [9.17, 15) is 24.0 Å². The second-order valence-electron chi connectivity index (χ2n) is 21.7. The van der Waals surface area contributed by atoms with E-state index < -0.39 is 46.1 Å². The van der Waals surface area contributed by atoms with Crippen molar-refractivity contribution in [2.75, 3.05) is 53.3 Å². The molecule has 4 aromatic carbocycles. The minimum absolute atomic E-state index is 0.0492. The number of ketones is 2. The number of fused-ring (bicyclic) bond motifs is 1. The molecule has 0 aliphatic carbocycles. The summed E-state index contributed by atoms with van der Waals surface area (Å²) >= 11 is 2.81. The number of thioether (sulfide) groups is 1. The minimum Gasteiger partial charge on any atom is -0.497 e. The number of aromatic nitrogens is 1. The number of β-lactam (4-membered cyclic amide) rings is 1. The molecular weight excluding hydrogens is 1060 g/mol.